The maximum atomic E-state index is 10.2. The molecule has 2 aromatic rings. The highest BCUT2D eigenvalue weighted by molar-refractivity contribution is 7.27. The number of hydrazine groups is 1. The summed E-state index contributed by atoms with van der Waals surface area (Å²) in [4.78, 5) is 4.92. The van der Waals surface area contributed by atoms with Crippen LogP contribution in [0.5, 0.6) is 0 Å². The van der Waals surface area contributed by atoms with Crippen LogP contribution in [0.15, 0.2) is 47.7 Å². The maximum Gasteiger partial charge on any atom is 0.102 e. The lowest BCUT2D eigenvalue weighted by atomic mass is 10.1. The van der Waals surface area contributed by atoms with E-state index in [-0.39, 0.29) is 6.04 Å². The van der Waals surface area contributed by atoms with Crippen molar-refractivity contribution in [3.05, 3.63) is 54.0 Å². The normalized spacial score (nSPS) is 15.5. The Balaban J connectivity index is 2.09. The van der Waals surface area contributed by atoms with Crippen molar-refractivity contribution in [1.82, 2.24) is 15.4 Å². The van der Waals surface area contributed by atoms with E-state index in [0.29, 0.717) is 0 Å². The topological polar surface area (TPSA) is 65.1 Å². The molecule has 1 fully saturated rings. The Morgan fingerprint density at radius 2 is 2.15 bits per heavy atom. The fourth-order valence-corrected chi connectivity index (χ4v) is 4.45. The Labute approximate surface area is 201 Å². The highest BCUT2D eigenvalue weighted by Crippen LogP contribution is 2.32. The van der Waals surface area contributed by atoms with Gasteiger partial charge in [0.2, 0.25) is 0 Å². The van der Waals surface area contributed by atoms with E-state index in [1.807, 2.05) is 6.20 Å². The minimum atomic E-state index is 0.277. The molecule has 1 aliphatic rings. The van der Waals surface area contributed by atoms with Crippen LogP contribution in [-0.2, 0) is 0 Å². The number of hydrogen-bond donors (Lipinski definition) is 2. The molecule has 2 N–H and O–H groups in total. The standard InChI is InChI=1S/C27H38N5P/c1-5-8-10-19(4)32-26-15-22(33)13-14-23(26)24(16-28)27(32)25(9-6-2)29-18-21(7-3)31-30-17-20-11-12-20/h7,13-15,18-20,30-31H,3,5-6,8-12,17,33H2,1-2,4H3/b21-18+,29-25?. The number of rotatable bonds is 13. The zero-order valence-corrected chi connectivity index (χ0v) is 21.5. The van der Waals surface area contributed by atoms with E-state index >= 15 is 0 Å². The third kappa shape index (κ3) is 6.34. The van der Waals surface area contributed by atoms with Crippen LogP contribution in [0.3, 0.4) is 0 Å². The van der Waals surface area contributed by atoms with Crippen LogP contribution in [-0.4, -0.2) is 16.8 Å². The number of nitriles is 1. The van der Waals surface area contributed by atoms with Crippen molar-refractivity contribution in [1.29, 1.82) is 5.26 Å². The van der Waals surface area contributed by atoms with Gasteiger partial charge in [-0.25, -0.2) is 5.43 Å². The summed E-state index contributed by atoms with van der Waals surface area (Å²) in [5.74, 6) is 0.780. The van der Waals surface area contributed by atoms with Crippen LogP contribution >= 0.6 is 9.24 Å². The predicted molar refractivity (Wildman–Crippen MR) is 144 cm³/mol. The molecule has 1 aromatic heterocycles. The molecule has 5 nitrogen and oxygen atoms in total. The van der Waals surface area contributed by atoms with E-state index in [1.165, 1.54) is 12.8 Å². The second-order valence-electron chi connectivity index (χ2n) is 9.04. The molecule has 0 radical (unpaired) electrons. The van der Waals surface area contributed by atoms with Gasteiger partial charge in [-0.1, -0.05) is 51.8 Å². The minimum absolute atomic E-state index is 0.277. The molecule has 0 spiro atoms. The third-order valence-electron chi connectivity index (χ3n) is 6.22. The number of nitrogens with one attached hydrogen (secondary N) is 2. The zero-order chi connectivity index (χ0) is 23.8. The average Bonchev–Trinajstić information content (AvgIpc) is 3.58. The van der Waals surface area contributed by atoms with Crippen LogP contribution in [0.1, 0.15) is 83.0 Å². The number of nitrogens with zero attached hydrogens (tertiary/aromatic N) is 3. The molecular formula is C27H38N5P. The van der Waals surface area contributed by atoms with Crippen LogP contribution < -0.4 is 16.2 Å². The summed E-state index contributed by atoms with van der Waals surface area (Å²) in [5, 5.41) is 12.3. The highest BCUT2D eigenvalue weighted by atomic mass is 31.0. The van der Waals surface area contributed by atoms with Gasteiger partial charge in [-0.05, 0) is 56.0 Å². The smallest absolute Gasteiger partial charge is 0.102 e. The van der Waals surface area contributed by atoms with Crippen molar-refractivity contribution in [2.45, 2.75) is 71.8 Å². The fraction of sp³-hybridized carbons (Fsp3) is 0.481. The van der Waals surface area contributed by atoms with Crippen molar-refractivity contribution < 1.29 is 0 Å². The summed E-state index contributed by atoms with van der Waals surface area (Å²) in [6.45, 7) is 11.5. The number of aromatic nitrogens is 1. The second kappa shape index (κ2) is 12.2. The summed E-state index contributed by atoms with van der Waals surface area (Å²) in [5.41, 5.74) is 11.1. The van der Waals surface area contributed by atoms with Gasteiger partial charge in [0.25, 0.3) is 0 Å². The molecule has 3 rings (SSSR count). The van der Waals surface area contributed by atoms with E-state index in [1.54, 1.807) is 6.08 Å². The molecule has 1 aromatic carbocycles. The van der Waals surface area contributed by atoms with Crippen molar-refractivity contribution in [2.75, 3.05) is 6.54 Å². The number of hydrogen-bond acceptors (Lipinski definition) is 4. The van der Waals surface area contributed by atoms with Crippen LogP contribution in [0.4, 0.5) is 0 Å². The Morgan fingerprint density at radius 1 is 1.36 bits per heavy atom. The van der Waals surface area contributed by atoms with Gasteiger partial charge in [0.05, 0.1) is 34.4 Å². The maximum absolute atomic E-state index is 10.2. The first kappa shape index (κ1) is 25.2. The molecule has 2 unspecified atom stereocenters. The largest absolute Gasteiger partial charge is 0.336 e. The molecule has 0 amide bonds. The average molecular weight is 464 g/mol. The van der Waals surface area contributed by atoms with Crippen LogP contribution in [0.2, 0.25) is 0 Å². The minimum Gasteiger partial charge on any atom is -0.336 e. The molecule has 176 valence electrons. The van der Waals surface area contributed by atoms with E-state index in [0.717, 1.165) is 83.4 Å². The first-order valence-corrected chi connectivity index (χ1v) is 12.8. The van der Waals surface area contributed by atoms with Gasteiger partial charge in [-0.2, -0.15) is 5.26 Å². The zero-order valence-electron chi connectivity index (χ0n) is 20.3. The van der Waals surface area contributed by atoms with E-state index < -0.39 is 0 Å². The van der Waals surface area contributed by atoms with Crippen molar-refractivity contribution >= 4 is 31.2 Å². The molecular weight excluding hydrogens is 425 g/mol. The second-order valence-corrected chi connectivity index (χ2v) is 9.70. The van der Waals surface area contributed by atoms with E-state index in [2.05, 4.69) is 76.3 Å². The van der Waals surface area contributed by atoms with Gasteiger partial charge < -0.3 is 9.99 Å². The molecule has 0 bridgehead atoms. The van der Waals surface area contributed by atoms with Gasteiger partial charge in [-0.3, -0.25) is 4.99 Å². The molecule has 0 saturated heterocycles. The molecule has 2 atom stereocenters. The fourth-order valence-electron chi connectivity index (χ4n) is 4.19. The summed E-state index contributed by atoms with van der Waals surface area (Å²) in [6, 6.07) is 9.08. The molecule has 6 heteroatoms. The third-order valence-corrected chi connectivity index (χ3v) is 6.58. The lowest BCUT2D eigenvalue weighted by Gasteiger charge is -2.20. The van der Waals surface area contributed by atoms with Gasteiger partial charge in [-0.15, -0.1) is 9.24 Å². The number of fused-ring (bicyclic) bond motifs is 1. The highest BCUT2D eigenvalue weighted by Gasteiger charge is 2.24. The first-order valence-electron chi connectivity index (χ1n) is 12.3. The van der Waals surface area contributed by atoms with Crippen molar-refractivity contribution in [2.24, 2.45) is 10.9 Å². The quantitative estimate of drug-likeness (QED) is 0.169. The van der Waals surface area contributed by atoms with Gasteiger partial charge in [0.15, 0.2) is 0 Å². The summed E-state index contributed by atoms with van der Waals surface area (Å²) < 4.78 is 2.35. The summed E-state index contributed by atoms with van der Waals surface area (Å²) in [6.07, 6.45) is 11.3. The van der Waals surface area contributed by atoms with Crippen molar-refractivity contribution in [3.63, 3.8) is 0 Å². The molecule has 1 aliphatic carbocycles. The van der Waals surface area contributed by atoms with Crippen molar-refractivity contribution in [3.8, 4) is 6.07 Å². The van der Waals surface area contributed by atoms with E-state index in [4.69, 9.17) is 4.99 Å². The number of unbranched alkanes of at least 4 members (excludes halogenated alkanes) is 1. The summed E-state index contributed by atoms with van der Waals surface area (Å²) >= 11 is 0. The number of aliphatic imine (C=N–C) groups is 1. The Kier molecular flexibility index (Phi) is 9.30. The van der Waals surface area contributed by atoms with E-state index in [9.17, 15) is 5.26 Å². The van der Waals surface area contributed by atoms with Gasteiger partial charge in [0.1, 0.15) is 6.07 Å². The summed E-state index contributed by atoms with van der Waals surface area (Å²) in [7, 11) is 2.78. The SMILES string of the molecule is C=C/C(=C\N=C(CCC)c1c(C#N)c2ccc(P)cc2n1C(C)CCCC)NNCC1CC1. The first-order chi connectivity index (χ1) is 16.0. The monoisotopic (exact) mass is 463 g/mol. The Bertz CT molecular complexity index is 1070. The molecule has 33 heavy (non-hydrogen) atoms. The van der Waals surface area contributed by atoms with Gasteiger partial charge in [0, 0.05) is 18.0 Å². The number of allylic oxidation sites excluding steroid dienone is 1. The Hall–Kier alpha value is -2.41. The predicted octanol–water partition coefficient (Wildman–Crippen LogP) is 5.89. The van der Waals surface area contributed by atoms with Crippen LogP contribution in [0.25, 0.3) is 10.9 Å². The van der Waals surface area contributed by atoms with Crippen LogP contribution in [0, 0.1) is 17.2 Å². The lowest BCUT2D eigenvalue weighted by molar-refractivity contribution is 0.495. The lowest BCUT2D eigenvalue weighted by Crippen LogP contribution is -2.32. The Morgan fingerprint density at radius 3 is 2.79 bits per heavy atom. The molecule has 1 heterocycles. The number of benzene rings is 1. The van der Waals surface area contributed by atoms with Gasteiger partial charge >= 0.3 is 0 Å². The molecule has 1 saturated carbocycles. The molecule has 0 aliphatic heterocycles.